The monoisotopic (exact) mass is 344 g/mol. The molecule has 4 heteroatoms. The van der Waals surface area contributed by atoms with Crippen molar-refractivity contribution in [2.75, 3.05) is 6.54 Å². The lowest BCUT2D eigenvalue weighted by Gasteiger charge is -2.42. The Morgan fingerprint density at radius 1 is 1.47 bits per heavy atom. The van der Waals surface area contributed by atoms with Gasteiger partial charge in [-0.3, -0.25) is 4.90 Å². The Labute approximate surface area is 129 Å². The quantitative estimate of drug-likeness (QED) is 0.848. The molecule has 1 saturated heterocycles. The van der Waals surface area contributed by atoms with E-state index in [-0.39, 0.29) is 6.04 Å². The van der Waals surface area contributed by atoms with Crippen molar-refractivity contribution in [1.29, 1.82) is 0 Å². The fourth-order valence-electron chi connectivity index (χ4n) is 3.24. The first-order chi connectivity index (χ1) is 9.13. The minimum absolute atomic E-state index is 0.183. The van der Waals surface area contributed by atoms with Crippen molar-refractivity contribution in [3.05, 3.63) is 20.8 Å². The highest BCUT2D eigenvalue weighted by molar-refractivity contribution is 9.11. The van der Waals surface area contributed by atoms with Gasteiger partial charge in [-0.25, -0.2) is 0 Å². The summed E-state index contributed by atoms with van der Waals surface area (Å²) in [5, 5.41) is 0. The molecule has 2 N–H and O–H groups in total. The molecule has 0 aromatic carbocycles. The van der Waals surface area contributed by atoms with E-state index in [1.165, 1.54) is 47.3 Å². The number of thiophene rings is 1. The van der Waals surface area contributed by atoms with Crippen LogP contribution in [0.4, 0.5) is 0 Å². The van der Waals surface area contributed by atoms with Crippen LogP contribution < -0.4 is 5.73 Å². The third kappa shape index (κ3) is 3.81. The number of nitrogens with two attached hydrogens (primary N) is 1. The Morgan fingerprint density at radius 3 is 2.84 bits per heavy atom. The normalized spacial score (nSPS) is 24.3. The Bertz CT molecular complexity index is 389. The van der Waals surface area contributed by atoms with Gasteiger partial charge in [0.15, 0.2) is 0 Å². The first kappa shape index (κ1) is 15.5. The molecule has 1 aliphatic heterocycles. The van der Waals surface area contributed by atoms with Crippen molar-refractivity contribution in [1.82, 2.24) is 4.90 Å². The second-order valence-electron chi connectivity index (χ2n) is 5.62. The van der Waals surface area contributed by atoms with E-state index < -0.39 is 0 Å². The van der Waals surface area contributed by atoms with Crippen molar-refractivity contribution >= 4 is 27.3 Å². The van der Waals surface area contributed by atoms with Gasteiger partial charge in [0.05, 0.1) is 9.83 Å². The van der Waals surface area contributed by atoms with Crippen LogP contribution in [0.5, 0.6) is 0 Å². The minimum atomic E-state index is 0.183. The highest BCUT2D eigenvalue weighted by Gasteiger charge is 2.32. The maximum absolute atomic E-state index is 6.32. The van der Waals surface area contributed by atoms with Gasteiger partial charge in [-0.15, -0.1) is 11.3 Å². The lowest BCUT2D eigenvalue weighted by molar-refractivity contribution is 0.0782. The predicted octanol–water partition coefficient (Wildman–Crippen LogP) is 4.55. The zero-order chi connectivity index (χ0) is 13.8. The highest BCUT2D eigenvalue weighted by atomic mass is 79.9. The number of rotatable bonds is 5. The second-order valence-corrected chi connectivity index (χ2v) is 8.12. The smallest absolute Gasteiger partial charge is 0.0702 e. The molecule has 0 saturated carbocycles. The van der Waals surface area contributed by atoms with Gasteiger partial charge in [-0.1, -0.05) is 19.8 Å². The molecule has 3 atom stereocenters. The van der Waals surface area contributed by atoms with Crippen LogP contribution >= 0.6 is 27.3 Å². The van der Waals surface area contributed by atoms with E-state index in [1.807, 2.05) is 11.3 Å². The molecule has 0 amide bonds. The molecule has 0 aliphatic carbocycles. The molecule has 0 bridgehead atoms. The van der Waals surface area contributed by atoms with E-state index in [0.29, 0.717) is 6.04 Å². The van der Waals surface area contributed by atoms with Crippen LogP contribution in [0, 0.1) is 0 Å². The van der Waals surface area contributed by atoms with Crippen molar-refractivity contribution in [3.63, 3.8) is 0 Å². The van der Waals surface area contributed by atoms with E-state index in [4.69, 9.17) is 5.73 Å². The van der Waals surface area contributed by atoms with Gasteiger partial charge >= 0.3 is 0 Å². The van der Waals surface area contributed by atoms with Gasteiger partial charge in [-0.2, -0.15) is 0 Å². The number of likely N-dealkylation sites (tertiary alicyclic amines) is 1. The summed E-state index contributed by atoms with van der Waals surface area (Å²) >= 11 is 5.41. The van der Waals surface area contributed by atoms with E-state index in [2.05, 4.69) is 46.8 Å². The van der Waals surface area contributed by atoms with E-state index >= 15 is 0 Å². The van der Waals surface area contributed by atoms with E-state index in [9.17, 15) is 0 Å². The Kier molecular flexibility index (Phi) is 5.87. The molecule has 0 radical (unpaired) electrons. The highest BCUT2D eigenvalue weighted by Crippen LogP contribution is 2.36. The molecule has 19 heavy (non-hydrogen) atoms. The van der Waals surface area contributed by atoms with Crippen LogP contribution in [0.15, 0.2) is 15.9 Å². The molecule has 1 aromatic rings. The van der Waals surface area contributed by atoms with Crippen LogP contribution in [0.25, 0.3) is 0 Å². The summed E-state index contributed by atoms with van der Waals surface area (Å²) in [4.78, 5) is 4.08. The topological polar surface area (TPSA) is 29.3 Å². The third-order valence-corrected chi connectivity index (χ3v) is 5.73. The zero-order valence-electron chi connectivity index (χ0n) is 11.9. The van der Waals surface area contributed by atoms with Crippen LogP contribution in [0.2, 0.25) is 0 Å². The molecule has 2 rings (SSSR count). The molecule has 1 fully saturated rings. The predicted molar refractivity (Wildman–Crippen MR) is 87.7 cm³/mol. The first-order valence-corrected chi connectivity index (χ1v) is 9.01. The largest absolute Gasteiger partial charge is 0.326 e. The molecule has 2 nitrogen and oxygen atoms in total. The third-order valence-electron chi connectivity index (χ3n) is 4.04. The lowest BCUT2D eigenvalue weighted by atomic mass is 9.94. The van der Waals surface area contributed by atoms with Crippen molar-refractivity contribution in [2.24, 2.45) is 5.73 Å². The summed E-state index contributed by atoms with van der Waals surface area (Å²) in [5.74, 6) is 0. The number of hydrogen-bond donors (Lipinski definition) is 1. The molecule has 3 unspecified atom stereocenters. The summed E-state index contributed by atoms with van der Waals surface area (Å²) < 4.78 is 1.21. The number of nitrogens with zero attached hydrogens (tertiary/aromatic N) is 1. The molecule has 108 valence electrons. The van der Waals surface area contributed by atoms with Gasteiger partial charge < -0.3 is 5.73 Å². The maximum Gasteiger partial charge on any atom is 0.0702 e. The molecule has 1 aromatic heterocycles. The summed E-state index contributed by atoms with van der Waals surface area (Å²) in [6.07, 6.45) is 6.59. The molecular formula is C15H25BrN2S. The minimum Gasteiger partial charge on any atom is -0.326 e. The Balaban J connectivity index is 2.21. The second kappa shape index (κ2) is 7.21. The average Bonchev–Trinajstić information content (AvgIpc) is 2.78. The standard InChI is InChI=1S/C15H25BrN2S/c1-3-6-12-7-4-5-10-18(12)15(11(2)17)13-8-9-14(16)19-13/h8-9,11-12,15H,3-7,10,17H2,1-2H3. The SMILES string of the molecule is CCCC1CCCCN1C(c1ccc(Br)s1)C(C)N. The van der Waals surface area contributed by atoms with Gasteiger partial charge in [0.25, 0.3) is 0 Å². The van der Waals surface area contributed by atoms with E-state index in [0.717, 1.165) is 6.04 Å². The van der Waals surface area contributed by atoms with E-state index in [1.54, 1.807) is 0 Å². The molecule has 0 spiro atoms. The maximum atomic E-state index is 6.32. The first-order valence-electron chi connectivity index (χ1n) is 7.40. The fraction of sp³-hybridized carbons (Fsp3) is 0.733. The number of piperidine rings is 1. The van der Waals surface area contributed by atoms with Gasteiger partial charge in [0.1, 0.15) is 0 Å². The van der Waals surface area contributed by atoms with Gasteiger partial charge in [0.2, 0.25) is 0 Å². The van der Waals surface area contributed by atoms with Crippen molar-refractivity contribution in [3.8, 4) is 0 Å². The summed E-state index contributed by atoms with van der Waals surface area (Å²) in [7, 11) is 0. The van der Waals surface area contributed by atoms with Gasteiger partial charge in [-0.05, 0) is 60.8 Å². The van der Waals surface area contributed by atoms with Crippen LogP contribution in [0.3, 0.4) is 0 Å². The van der Waals surface area contributed by atoms with Crippen molar-refractivity contribution in [2.45, 2.75) is 64.1 Å². The zero-order valence-corrected chi connectivity index (χ0v) is 14.3. The fourth-order valence-corrected chi connectivity index (χ4v) is 4.91. The van der Waals surface area contributed by atoms with Crippen LogP contribution in [-0.2, 0) is 0 Å². The Morgan fingerprint density at radius 2 is 2.26 bits per heavy atom. The number of halogens is 1. The van der Waals surface area contributed by atoms with Crippen LogP contribution in [-0.4, -0.2) is 23.5 Å². The lowest BCUT2D eigenvalue weighted by Crippen LogP contribution is -2.47. The molecular weight excluding hydrogens is 320 g/mol. The summed E-state index contributed by atoms with van der Waals surface area (Å²) in [6, 6.07) is 5.67. The van der Waals surface area contributed by atoms with Crippen molar-refractivity contribution < 1.29 is 0 Å². The molecule has 1 aliphatic rings. The Hall–Kier alpha value is 0.1000. The number of hydrogen-bond acceptors (Lipinski definition) is 3. The van der Waals surface area contributed by atoms with Gasteiger partial charge in [0, 0.05) is 17.0 Å². The van der Waals surface area contributed by atoms with Crippen LogP contribution in [0.1, 0.15) is 56.9 Å². The molecule has 2 heterocycles. The summed E-state index contributed by atoms with van der Waals surface area (Å²) in [6.45, 7) is 5.64. The average molecular weight is 345 g/mol. The summed E-state index contributed by atoms with van der Waals surface area (Å²) in [5.41, 5.74) is 6.32.